The standard InChI is InChI=1S/C23H27N7OS/c31-22(17-32-23-25-26-27-30(23)21-10-11-21)24-19-6-8-20(9-7-19)29-14-12-28(13-15-29)16-18-4-2-1-3-5-18/h1-9,21H,10-17H2,(H,24,31). The van der Waals surface area contributed by atoms with Crippen LogP contribution >= 0.6 is 11.8 Å². The van der Waals surface area contributed by atoms with Crippen LogP contribution < -0.4 is 10.2 Å². The maximum atomic E-state index is 12.4. The third-order valence-corrected chi connectivity index (χ3v) is 6.76. The van der Waals surface area contributed by atoms with Gasteiger partial charge in [-0.25, -0.2) is 4.68 Å². The number of nitrogens with one attached hydrogen (secondary N) is 1. The molecule has 1 saturated carbocycles. The van der Waals surface area contributed by atoms with Crippen LogP contribution in [0.25, 0.3) is 0 Å². The average Bonchev–Trinajstić information content (AvgIpc) is 3.57. The summed E-state index contributed by atoms with van der Waals surface area (Å²) >= 11 is 1.38. The molecule has 1 aromatic heterocycles. The molecule has 2 heterocycles. The van der Waals surface area contributed by atoms with Gasteiger partial charge in [0.2, 0.25) is 11.1 Å². The third-order valence-electron chi connectivity index (χ3n) is 5.83. The van der Waals surface area contributed by atoms with E-state index >= 15 is 0 Å². The zero-order valence-corrected chi connectivity index (χ0v) is 18.7. The van der Waals surface area contributed by atoms with Crippen molar-refractivity contribution >= 4 is 29.0 Å². The number of nitrogens with zero attached hydrogens (tertiary/aromatic N) is 6. The lowest BCUT2D eigenvalue weighted by atomic mass is 10.2. The van der Waals surface area contributed by atoms with Gasteiger partial charge in [0.25, 0.3) is 0 Å². The molecule has 3 aromatic rings. The molecule has 32 heavy (non-hydrogen) atoms. The van der Waals surface area contributed by atoms with E-state index in [0.717, 1.165) is 51.3 Å². The Hall–Kier alpha value is -2.91. The molecule has 0 bridgehead atoms. The van der Waals surface area contributed by atoms with Gasteiger partial charge in [-0.15, -0.1) is 5.10 Å². The molecule has 5 rings (SSSR count). The highest BCUT2D eigenvalue weighted by atomic mass is 32.2. The summed E-state index contributed by atoms with van der Waals surface area (Å²) in [6.45, 7) is 5.11. The Balaban J connectivity index is 1.08. The van der Waals surface area contributed by atoms with Crippen molar-refractivity contribution in [3.63, 3.8) is 0 Å². The summed E-state index contributed by atoms with van der Waals surface area (Å²) < 4.78 is 1.83. The number of rotatable bonds is 8. The number of aromatic nitrogens is 4. The van der Waals surface area contributed by atoms with Gasteiger partial charge in [0.15, 0.2) is 0 Å². The van der Waals surface area contributed by atoms with Gasteiger partial charge in [0.05, 0.1) is 11.8 Å². The first-order valence-electron chi connectivity index (χ1n) is 11.1. The summed E-state index contributed by atoms with van der Waals surface area (Å²) in [5.41, 5.74) is 3.37. The van der Waals surface area contributed by atoms with Crippen LogP contribution in [0.3, 0.4) is 0 Å². The van der Waals surface area contributed by atoms with Crippen LogP contribution in [0.15, 0.2) is 59.8 Å². The molecule has 1 aliphatic carbocycles. The number of amides is 1. The maximum absolute atomic E-state index is 12.4. The van der Waals surface area contributed by atoms with E-state index in [2.05, 4.69) is 73.1 Å². The normalized spacial score (nSPS) is 16.8. The van der Waals surface area contributed by atoms with Gasteiger partial charge in [0, 0.05) is 44.1 Å². The first kappa shape index (κ1) is 21.0. The van der Waals surface area contributed by atoms with Gasteiger partial charge in [0.1, 0.15) is 0 Å². The van der Waals surface area contributed by atoms with Crippen LogP contribution in [0.2, 0.25) is 0 Å². The number of carbonyl (C=O) groups is 1. The number of carbonyl (C=O) groups excluding carboxylic acids is 1. The number of hydrogen-bond donors (Lipinski definition) is 1. The zero-order valence-electron chi connectivity index (χ0n) is 17.9. The number of anilines is 2. The van der Waals surface area contributed by atoms with E-state index in [1.807, 2.05) is 16.8 Å². The molecule has 9 heteroatoms. The Kier molecular flexibility index (Phi) is 6.36. The highest BCUT2D eigenvalue weighted by molar-refractivity contribution is 7.99. The Labute approximate surface area is 192 Å². The predicted octanol–water partition coefficient (Wildman–Crippen LogP) is 3.06. The summed E-state index contributed by atoms with van der Waals surface area (Å²) in [6.07, 6.45) is 2.22. The van der Waals surface area contributed by atoms with E-state index in [-0.39, 0.29) is 11.7 Å². The first-order valence-corrected chi connectivity index (χ1v) is 12.0. The molecule has 8 nitrogen and oxygen atoms in total. The van der Waals surface area contributed by atoms with Crippen LogP contribution in [-0.2, 0) is 11.3 Å². The molecule has 0 unspecified atom stereocenters. The van der Waals surface area contributed by atoms with Crippen molar-refractivity contribution in [1.29, 1.82) is 0 Å². The van der Waals surface area contributed by atoms with Crippen LogP contribution in [0, 0.1) is 0 Å². The van der Waals surface area contributed by atoms with Crippen molar-refractivity contribution in [1.82, 2.24) is 25.1 Å². The van der Waals surface area contributed by atoms with Crippen molar-refractivity contribution in [2.24, 2.45) is 0 Å². The van der Waals surface area contributed by atoms with Crippen LogP contribution in [0.5, 0.6) is 0 Å². The van der Waals surface area contributed by atoms with Crippen LogP contribution in [0.1, 0.15) is 24.4 Å². The lowest BCUT2D eigenvalue weighted by Gasteiger charge is -2.36. The zero-order chi connectivity index (χ0) is 21.8. The molecule has 2 aromatic carbocycles. The van der Waals surface area contributed by atoms with Gasteiger partial charge in [-0.1, -0.05) is 42.1 Å². The van der Waals surface area contributed by atoms with E-state index in [4.69, 9.17) is 0 Å². The van der Waals surface area contributed by atoms with Gasteiger partial charge < -0.3 is 10.2 Å². The van der Waals surface area contributed by atoms with E-state index in [1.165, 1.54) is 23.0 Å². The second-order valence-electron chi connectivity index (χ2n) is 8.27. The fourth-order valence-corrected chi connectivity index (χ4v) is 4.66. The van der Waals surface area contributed by atoms with Gasteiger partial charge in [-0.3, -0.25) is 9.69 Å². The Morgan fingerprint density at radius 3 is 2.47 bits per heavy atom. The van der Waals surface area contributed by atoms with Crippen molar-refractivity contribution < 1.29 is 4.79 Å². The SMILES string of the molecule is O=C(CSc1nnnn1C1CC1)Nc1ccc(N2CCN(Cc3ccccc3)CC2)cc1. The van der Waals surface area contributed by atoms with Gasteiger partial charge in [-0.2, -0.15) is 0 Å². The van der Waals surface area contributed by atoms with Crippen molar-refractivity contribution in [3.05, 3.63) is 60.2 Å². The molecule has 2 fully saturated rings. The second-order valence-corrected chi connectivity index (χ2v) is 9.21. The Morgan fingerprint density at radius 2 is 1.75 bits per heavy atom. The number of piperazine rings is 1. The number of thioether (sulfide) groups is 1. The topological polar surface area (TPSA) is 79.2 Å². The molecule has 0 spiro atoms. The summed E-state index contributed by atoms with van der Waals surface area (Å²) in [6, 6.07) is 19.2. The quantitative estimate of drug-likeness (QED) is 0.530. The molecule has 1 saturated heterocycles. The molecule has 0 radical (unpaired) electrons. The molecular formula is C23H27N7OS. The van der Waals surface area contributed by atoms with E-state index in [1.54, 1.807) is 0 Å². The Morgan fingerprint density at radius 1 is 1.00 bits per heavy atom. The highest BCUT2D eigenvalue weighted by Crippen LogP contribution is 2.36. The summed E-state index contributed by atoms with van der Waals surface area (Å²) in [7, 11) is 0. The predicted molar refractivity (Wildman–Crippen MR) is 126 cm³/mol. The fraction of sp³-hybridized carbons (Fsp3) is 0.391. The smallest absolute Gasteiger partial charge is 0.234 e. The van der Waals surface area contributed by atoms with Crippen LogP contribution in [0.4, 0.5) is 11.4 Å². The summed E-state index contributed by atoms with van der Waals surface area (Å²) in [4.78, 5) is 17.3. The van der Waals surface area contributed by atoms with Crippen LogP contribution in [-0.4, -0.2) is 62.9 Å². The number of hydrogen-bond acceptors (Lipinski definition) is 7. The maximum Gasteiger partial charge on any atom is 0.234 e. The molecule has 1 amide bonds. The minimum Gasteiger partial charge on any atom is -0.369 e. The molecule has 2 aliphatic rings. The number of benzene rings is 2. The monoisotopic (exact) mass is 449 g/mol. The summed E-state index contributed by atoms with van der Waals surface area (Å²) in [5, 5.41) is 15.4. The van der Waals surface area contributed by atoms with Crippen molar-refractivity contribution in [2.75, 3.05) is 42.1 Å². The van der Waals surface area contributed by atoms with Crippen molar-refractivity contribution in [2.45, 2.75) is 30.6 Å². The lowest BCUT2D eigenvalue weighted by Crippen LogP contribution is -2.45. The largest absolute Gasteiger partial charge is 0.369 e. The molecule has 1 aliphatic heterocycles. The summed E-state index contributed by atoms with van der Waals surface area (Å²) in [5.74, 6) is 0.237. The average molecular weight is 450 g/mol. The van der Waals surface area contributed by atoms with E-state index < -0.39 is 0 Å². The first-order chi connectivity index (χ1) is 15.7. The van der Waals surface area contributed by atoms with Gasteiger partial charge in [-0.05, 0) is 53.1 Å². The second kappa shape index (κ2) is 9.70. The molecule has 0 atom stereocenters. The Bertz CT molecular complexity index is 1030. The highest BCUT2D eigenvalue weighted by Gasteiger charge is 2.28. The molecule has 166 valence electrons. The van der Waals surface area contributed by atoms with E-state index in [0.29, 0.717) is 11.2 Å². The fourth-order valence-electron chi connectivity index (χ4n) is 3.92. The minimum atomic E-state index is -0.0531. The molecule has 1 N–H and O–H groups in total. The minimum absolute atomic E-state index is 0.0531. The van der Waals surface area contributed by atoms with Gasteiger partial charge >= 0.3 is 0 Å². The number of tetrazole rings is 1. The lowest BCUT2D eigenvalue weighted by molar-refractivity contribution is -0.113. The molecular weight excluding hydrogens is 422 g/mol. The van der Waals surface area contributed by atoms with Crippen molar-refractivity contribution in [3.8, 4) is 0 Å². The third kappa shape index (κ3) is 5.28. The van der Waals surface area contributed by atoms with E-state index in [9.17, 15) is 4.79 Å².